The Bertz CT molecular complexity index is 211. The standard InChI is InChI=1S/C8H8Cl2O2/c9-7(11)5-3-1-2-4-6(5)8(10)12/h1-2,5-6H,3-4H2/t5-,6-/m0/s1. The van der Waals surface area contributed by atoms with Crippen molar-refractivity contribution in [3.05, 3.63) is 12.2 Å². The maximum absolute atomic E-state index is 10.8. The first-order valence-corrected chi connectivity index (χ1v) is 4.42. The molecule has 0 aromatic heterocycles. The van der Waals surface area contributed by atoms with Crippen LogP contribution in [-0.2, 0) is 9.59 Å². The van der Waals surface area contributed by atoms with Gasteiger partial charge in [0.15, 0.2) is 0 Å². The molecule has 0 aromatic rings. The molecule has 0 radical (unpaired) electrons. The van der Waals surface area contributed by atoms with Gasteiger partial charge in [0.2, 0.25) is 10.5 Å². The quantitative estimate of drug-likeness (QED) is 0.513. The number of allylic oxidation sites excluding steroid dienone is 2. The van der Waals surface area contributed by atoms with Crippen LogP contribution in [0.1, 0.15) is 12.8 Å². The van der Waals surface area contributed by atoms with Gasteiger partial charge in [0, 0.05) is 11.8 Å². The third-order valence-electron chi connectivity index (χ3n) is 2.02. The van der Waals surface area contributed by atoms with E-state index in [2.05, 4.69) is 0 Å². The van der Waals surface area contributed by atoms with Gasteiger partial charge in [-0.1, -0.05) is 12.2 Å². The number of carbonyl (C=O) groups excluding carboxylic acids is 2. The molecule has 0 saturated heterocycles. The molecule has 4 heteroatoms. The van der Waals surface area contributed by atoms with Crippen LogP contribution in [0.5, 0.6) is 0 Å². The van der Waals surface area contributed by atoms with E-state index in [1.54, 1.807) is 0 Å². The van der Waals surface area contributed by atoms with Gasteiger partial charge in [-0.2, -0.15) is 0 Å². The summed E-state index contributed by atoms with van der Waals surface area (Å²) in [5.74, 6) is -0.858. The van der Waals surface area contributed by atoms with E-state index in [0.29, 0.717) is 12.8 Å². The Hall–Kier alpha value is -0.340. The fourth-order valence-electron chi connectivity index (χ4n) is 1.32. The summed E-state index contributed by atoms with van der Waals surface area (Å²) in [7, 11) is 0. The molecule has 1 rings (SSSR count). The highest BCUT2D eigenvalue weighted by Gasteiger charge is 2.31. The number of halogens is 2. The lowest BCUT2D eigenvalue weighted by atomic mass is 9.85. The van der Waals surface area contributed by atoms with Gasteiger partial charge in [0.1, 0.15) is 0 Å². The molecule has 66 valence electrons. The van der Waals surface area contributed by atoms with Crippen LogP contribution >= 0.6 is 23.2 Å². The zero-order chi connectivity index (χ0) is 9.14. The topological polar surface area (TPSA) is 34.1 Å². The summed E-state index contributed by atoms with van der Waals surface area (Å²) >= 11 is 10.6. The predicted molar refractivity (Wildman–Crippen MR) is 47.1 cm³/mol. The van der Waals surface area contributed by atoms with E-state index in [9.17, 15) is 9.59 Å². The molecule has 0 fully saturated rings. The molecule has 2 atom stereocenters. The molecular weight excluding hydrogens is 199 g/mol. The van der Waals surface area contributed by atoms with Crippen LogP contribution in [0.25, 0.3) is 0 Å². The summed E-state index contributed by atoms with van der Waals surface area (Å²) in [6, 6.07) is 0. The largest absolute Gasteiger partial charge is 0.281 e. The first kappa shape index (κ1) is 9.75. The fraction of sp³-hybridized carbons (Fsp3) is 0.500. The minimum atomic E-state index is -0.474. The Balaban J connectivity index is 2.76. The first-order valence-electron chi connectivity index (χ1n) is 3.66. The minimum absolute atomic E-state index is 0.429. The lowest BCUT2D eigenvalue weighted by Crippen LogP contribution is -2.26. The van der Waals surface area contributed by atoms with Crippen LogP contribution in [0.4, 0.5) is 0 Å². The predicted octanol–water partition coefficient (Wildman–Crippen LogP) is 2.10. The number of hydrogen-bond donors (Lipinski definition) is 0. The number of carbonyl (C=O) groups is 2. The van der Waals surface area contributed by atoms with Crippen LogP contribution in [0.2, 0.25) is 0 Å². The Morgan fingerprint density at radius 3 is 1.58 bits per heavy atom. The summed E-state index contributed by atoms with van der Waals surface area (Å²) in [5, 5.41) is -0.947. The van der Waals surface area contributed by atoms with E-state index in [0.717, 1.165) is 0 Å². The summed E-state index contributed by atoms with van der Waals surface area (Å²) in [5.41, 5.74) is 0. The second-order valence-corrected chi connectivity index (χ2v) is 3.51. The second-order valence-electron chi connectivity index (χ2n) is 2.76. The summed E-state index contributed by atoms with van der Waals surface area (Å²) in [4.78, 5) is 21.7. The van der Waals surface area contributed by atoms with E-state index < -0.39 is 22.3 Å². The van der Waals surface area contributed by atoms with Gasteiger partial charge in [-0.3, -0.25) is 9.59 Å². The normalized spacial score (nSPS) is 28.5. The lowest BCUT2D eigenvalue weighted by Gasteiger charge is -2.21. The maximum Gasteiger partial charge on any atom is 0.225 e. The zero-order valence-electron chi connectivity index (χ0n) is 6.30. The van der Waals surface area contributed by atoms with Gasteiger partial charge in [-0.15, -0.1) is 0 Å². The van der Waals surface area contributed by atoms with Gasteiger partial charge in [-0.25, -0.2) is 0 Å². The van der Waals surface area contributed by atoms with Crippen molar-refractivity contribution >= 4 is 33.7 Å². The van der Waals surface area contributed by atoms with Gasteiger partial charge >= 0.3 is 0 Å². The SMILES string of the molecule is O=C(Cl)[C@H]1CC=CC[C@@H]1C(=O)Cl. The average molecular weight is 207 g/mol. The highest BCUT2D eigenvalue weighted by molar-refractivity contribution is 6.66. The van der Waals surface area contributed by atoms with Crippen molar-refractivity contribution in [1.82, 2.24) is 0 Å². The molecule has 0 saturated carbocycles. The Kier molecular flexibility index (Phi) is 3.29. The number of rotatable bonds is 2. The first-order chi connectivity index (χ1) is 5.63. The minimum Gasteiger partial charge on any atom is -0.281 e. The smallest absolute Gasteiger partial charge is 0.225 e. The third kappa shape index (κ3) is 2.08. The fourth-order valence-corrected chi connectivity index (χ4v) is 1.80. The van der Waals surface area contributed by atoms with Crippen molar-refractivity contribution in [1.29, 1.82) is 0 Å². The van der Waals surface area contributed by atoms with Crippen molar-refractivity contribution in [3.8, 4) is 0 Å². The summed E-state index contributed by atoms with van der Waals surface area (Å²) in [6.45, 7) is 0. The summed E-state index contributed by atoms with van der Waals surface area (Å²) in [6.07, 6.45) is 4.74. The van der Waals surface area contributed by atoms with E-state index >= 15 is 0 Å². The molecule has 0 aromatic carbocycles. The molecule has 1 aliphatic carbocycles. The highest BCUT2D eigenvalue weighted by Crippen LogP contribution is 2.29. The second kappa shape index (κ2) is 4.06. The average Bonchev–Trinajstić information content (AvgIpc) is 2.04. The maximum atomic E-state index is 10.8. The van der Waals surface area contributed by atoms with Crippen molar-refractivity contribution in [2.24, 2.45) is 11.8 Å². The van der Waals surface area contributed by atoms with E-state index in [4.69, 9.17) is 23.2 Å². The van der Waals surface area contributed by atoms with Gasteiger partial charge in [0.25, 0.3) is 0 Å². The van der Waals surface area contributed by atoms with Gasteiger partial charge in [0.05, 0.1) is 0 Å². The van der Waals surface area contributed by atoms with E-state index in [1.807, 2.05) is 12.2 Å². The molecule has 0 heterocycles. The van der Waals surface area contributed by atoms with Crippen molar-refractivity contribution < 1.29 is 9.59 Å². The van der Waals surface area contributed by atoms with E-state index in [1.165, 1.54) is 0 Å². The Labute approximate surface area is 80.5 Å². The van der Waals surface area contributed by atoms with Gasteiger partial charge < -0.3 is 0 Å². The van der Waals surface area contributed by atoms with Gasteiger partial charge in [-0.05, 0) is 36.0 Å². The molecule has 0 bridgehead atoms. The molecule has 2 nitrogen and oxygen atoms in total. The van der Waals surface area contributed by atoms with Crippen molar-refractivity contribution in [3.63, 3.8) is 0 Å². The van der Waals surface area contributed by atoms with Crippen LogP contribution in [-0.4, -0.2) is 10.5 Å². The lowest BCUT2D eigenvalue weighted by molar-refractivity contribution is -0.123. The molecule has 0 N–H and O–H groups in total. The third-order valence-corrected chi connectivity index (χ3v) is 2.58. The van der Waals surface area contributed by atoms with E-state index in [-0.39, 0.29) is 0 Å². The monoisotopic (exact) mass is 206 g/mol. The number of hydrogen-bond acceptors (Lipinski definition) is 2. The van der Waals surface area contributed by atoms with Crippen LogP contribution in [0.15, 0.2) is 12.2 Å². The Morgan fingerprint density at radius 2 is 1.33 bits per heavy atom. The van der Waals surface area contributed by atoms with Crippen LogP contribution < -0.4 is 0 Å². The molecule has 12 heavy (non-hydrogen) atoms. The highest BCUT2D eigenvalue weighted by atomic mass is 35.5. The van der Waals surface area contributed by atoms with Crippen LogP contribution in [0.3, 0.4) is 0 Å². The van der Waals surface area contributed by atoms with Crippen LogP contribution in [0, 0.1) is 11.8 Å². The van der Waals surface area contributed by atoms with Crippen molar-refractivity contribution in [2.75, 3.05) is 0 Å². The molecule has 0 spiro atoms. The molecular formula is C8H8Cl2O2. The molecule has 0 aliphatic heterocycles. The Morgan fingerprint density at radius 1 is 1.00 bits per heavy atom. The zero-order valence-corrected chi connectivity index (χ0v) is 7.81. The molecule has 1 aliphatic rings. The van der Waals surface area contributed by atoms with Crippen molar-refractivity contribution in [2.45, 2.75) is 12.8 Å². The molecule has 0 amide bonds. The molecule has 0 unspecified atom stereocenters. The summed E-state index contributed by atoms with van der Waals surface area (Å²) < 4.78 is 0.